The van der Waals surface area contributed by atoms with Crippen molar-refractivity contribution >= 4 is 5.78 Å². The molecule has 98 valence electrons. The summed E-state index contributed by atoms with van der Waals surface area (Å²) in [5.74, 6) is 0.732. The highest BCUT2D eigenvalue weighted by Crippen LogP contribution is 2.17. The fourth-order valence-corrected chi connectivity index (χ4v) is 1.91. The highest BCUT2D eigenvalue weighted by Gasteiger charge is 2.23. The van der Waals surface area contributed by atoms with Crippen molar-refractivity contribution in [3.63, 3.8) is 0 Å². The molecule has 0 radical (unpaired) electrons. The van der Waals surface area contributed by atoms with Gasteiger partial charge in [0.15, 0.2) is 5.78 Å². The summed E-state index contributed by atoms with van der Waals surface area (Å²) in [5.41, 5.74) is 0.641. The molecule has 1 saturated heterocycles. The second-order valence-electron chi connectivity index (χ2n) is 4.62. The zero-order valence-corrected chi connectivity index (χ0v) is 10.8. The third-order valence-corrected chi connectivity index (χ3v) is 2.71. The van der Waals surface area contributed by atoms with Crippen LogP contribution in [0.4, 0.5) is 0 Å². The minimum absolute atomic E-state index is 0.0106. The Kier molecular flexibility index (Phi) is 4.33. The maximum atomic E-state index is 12.2. The molecule has 0 aromatic heterocycles. The molecule has 1 N–H and O–H groups in total. The van der Waals surface area contributed by atoms with Crippen LogP contribution in [0.3, 0.4) is 0 Å². The maximum Gasteiger partial charge on any atom is 0.192 e. The van der Waals surface area contributed by atoms with Gasteiger partial charge < -0.3 is 14.8 Å². The quantitative estimate of drug-likeness (QED) is 0.824. The van der Waals surface area contributed by atoms with E-state index in [2.05, 4.69) is 5.32 Å². The molecule has 4 nitrogen and oxygen atoms in total. The first-order chi connectivity index (χ1) is 8.66. The molecule has 1 aliphatic heterocycles. The average Bonchev–Trinajstić information content (AvgIpc) is 2.38. The van der Waals surface area contributed by atoms with Gasteiger partial charge in [0.2, 0.25) is 0 Å². The molecule has 4 heteroatoms. The van der Waals surface area contributed by atoms with E-state index in [1.54, 1.807) is 12.1 Å². The van der Waals surface area contributed by atoms with E-state index in [0.717, 1.165) is 12.3 Å². The van der Waals surface area contributed by atoms with E-state index in [4.69, 9.17) is 9.47 Å². The van der Waals surface area contributed by atoms with Crippen molar-refractivity contribution in [3.8, 4) is 5.75 Å². The van der Waals surface area contributed by atoms with Crippen molar-refractivity contribution < 1.29 is 14.3 Å². The molecule has 1 aromatic rings. The SMILES string of the molecule is CC(C)Oc1cccc(C(=O)C2CNCCO2)c1. The van der Waals surface area contributed by atoms with E-state index < -0.39 is 0 Å². The van der Waals surface area contributed by atoms with Crippen LogP contribution < -0.4 is 10.1 Å². The van der Waals surface area contributed by atoms with Crippen LogP contribution in [0.2, 0.25) is 0 Å². The number of carbonyl (C=O) groups excluding carboxylic acids is 1. The largest absolute Gasteiger partial charge is 0.491 e. The first-order valence-corrected chi connectivity index (χ1v) is 6.30. The number of ether oxygens (including phenoxy) is 2. The highest BCUT2D eigenvalue weighted by molar-refractivity contribution is 6.00. The summed E-state index contributed by atoms with van der Waals surface area (Å²) in [7, 11) is 0. The molecule has 0 aliphatic carbocycles. The number of hydrogen-bond acceptors (Lipinski definition) is 4. The van der Waals surface area contributed by atoms with Gasteiger partial charge in [0.25, 0.3) is 0 Å². The maximum absolute atomic E-state index is 12.2. The number of hydrogen-bond donors (Lipinski definition) is 1. The van der Waals surface area contributed by atoms with Gasteiger partial charge in [0, 0.05) is 18.7 Å². The fraction of sp³-hybridized carbons (Fsp3) is 0.500. The lowest BCUT2D eigenvalue weighted by atomic mass is 10.1. The summed E-state index contributed by atoms with van der Waals surface area (Å²) in [5, 5.41) is 3.16. The number of benzene rings is 1. The van der Waals surface area contributed by atoms with Crippen molar-refractivity contribution in [2.24, 2.45) is 0 Å². The van der Waals surface area contributed by atoms with Gasteiger partial charge in [0.1, 0.15) is 11.9 Å². The Morgan fingerprint density at radius 3 is 3.00 bits per heavy atom. The molecule has 18 heavy (non-hydrogen) atoms. The summed E-state index contributed by atoms with van der Waals surface area (Å²) in [6.07, 6.45) is -0.281. The average molecular weight is 249 g/mol. The summed E-state index contributed by atoms with van der Waals surface area (Å²) in [6, 6.07) is 7.27. The summed E-state index contributed by atoms with van der Waals surface area (Å²) in [4.78, 5) is 12.2. The Morgan fingerprint density at radius 2 is 2.33 bits per heavy atom. The third-order valence-electron chi connectivity index (χ3n) is 2.71. The molecule has 1 unspecified atom stereocenters. The zero-order chi connectivity index (χ0) is 13.0. The molecular weight excluding hydrogens is 230 g/mol. The predicted molar refractivity (Wildman–Crippen MR) is 69.1 cm³/mol. The van der Waals surface area contributed by atoms with Crippen molar-refractivity contribution in [1.82, 2.24) is 5.32 Å². The molecule has 1 fully saturated rings. The Balaban J connectivity index is 2.09. The van der Waals surface area contributed by atoms with Gasteiger partial charge in [-0.15, -0.1) is 0 Å². The lowest BCUT2D eigenvalue weighted by molar-refractivity contribution is 0.0269. The number of nitrogens with one attached hydrogen (secondary N) is 1. The first kappa shape index (κ1) is 13.1. The third kappa shape index (κ3) is 3.31. The predicted octanol–water partition coefficient (Wildman–Crippen LogP) is 1.64. The van der Waals surface area contributed by atoms with Crippen LogP contribution >= 0.6 is 0 Å². The minimum Gasteiger partial charge on any atom is -0.491 e. The Bertz CT molecular complexity index is 411. The topological polar surface area (TPSA) is 47.6 Å². The Hall–Kier alpha value is -1.39. The molecule has 0 saturated carbocycles. The van der Waals surface area contributed by atoms with Crippen molar-refractivity contribution in [2.45, 2.75) is 26.1 Å². The number of carbonyl (C=O) groups is 1. The molecule has 1 aliphatic rings. The lowest BCUT2D eigenvalue weighted by Crippen LogP contribution is -2.43. The van der Waals surface area contributed by atoms with Gasteiger partial charge in [-0.05, 0) is 26.0 Å². The second kappa shape index (κ2) is 5.98. The highest BCUT2D eigenvalue weighted by atomic mass is 16.5. The molecule has 0 bridgehead atoms. The van der Waals surface area contributed by atoms with Gasteiger partial charge in [-0.1, -0.05) is 12.1 Å². The smallest absolute Gasteiger partial charge is 0.192 e. The summed E-state index contributed by atoms with van der Waals surface area (Å²) >= 11 is 0. The Labute approximate surface area is 107 Å². The van der Waals surface area contributed by atoms with Gasteiger partial charge in [-0.3, -0.25) is 4.79 Å². The standard InChI is InChI=1S/C14H19NO3/c1-10(2)18-12-5-3-4-11(8-12)14(16)13-9-15-6-7-17-13/h3-5,8,10,13,15H,6-7,9H2,1-2H3. The van der Waals surface area contributed by atoms with E-state index >= 15 is 0 Å². The van der Waals surface area contributed by atoms with Crippen molar-refractivity contribution in [1.29, 1.82) is 0 Å². The van der Waals surface area contributed by atoms with Crippen molar-refractivity contribution in [2.75, 3.05) is 19.7 Å². The van der Waals surface area contributed by atoms with Crippen LogP contribution in [0.25, 0.3) is 0 Å². The van der Waals surface area contributed by atoms with Gasteiger partial charge >= 0.3 is 0 Å². The van der Waals surface area contributed by atoms with E-state index in [1.165, 1.54) is 0 Å². The Morgan fingerprint density at radius 1 is 1.50 bits per heavy atom. The first-order valence-electron chi connectivity index (χ1n) is 6.30. The van der Waals surface area contributed by atoms with Gasteiger partial charge in [-0.25, -0.2) is 0 Å². The van der Waals surface area contributed by atoms with E-state index in [1.807, 2.05) is 26.0 Å². The van der Waals surface area contributed by atoms with Crippen LogP contribution in [-0.2, 0) is 4.74 Å². The normalized spacial score (nSPS) is 19.8. The molecule has 1 atom stereocenters. The van der Waals surface area contributed by atoms with Crippen LogP contribution in [0.1, 0.15) is 24.2 Å². The number of rotatable bonds is 4. The number of Topliss-reactive ketones (excluding diaryl/α,β-unsaturated/α-hetero) is 1. The summed E-state index contributed by atoms with van der Waals surface area (Å²) < 4.78 is 11.0. The van der Waals surface area contributed by atoms with Crippen LogP contribution in [0, 0.1) is 0 Å². The fourth-order valence-electron chi connectivity index (χ4n) is 1.91. The zero-order valence-electron chi connectivity index (χ0n) is 10.8. The van der Waals surface area contributed by atoms with Gasteiger partial charge in [0.05, 0.1) is 12.7 Å². The second-order valence-corrected chi connectivity index (χ2v) is 4.62. The number of ketones is 1. The lowest BCUT2D eigenvalue weighted by Gasteiger charge is -2.22. The van der Waals surface area contributed by atoms with E-state index in [9.17, 15) is 4.79 Å². The van der Waals surface area contributed by atoms with E-state index in [-0.39, 0.29) is 18.0 Å². The molecular formula is C14H19NO3. The minimum atomic E-state index is -0.381. The van der Waals surface area contributed by atoms with Crippen molar-refractivity contribution in [3.05, 3.63) is 29.8 Å². The molecule has 0 spiro atoms. The van der Waals surface area contributed by atoms with Crippen LogP contribution in [0.5, 0.6) is 5.75 Å². The summed E-state index contributed by atoms with van der Waals surface area (Å²) in [6.45, 7) is 5.89. The van der Waals surface area contributed by atoms with Gasteiger partial charge in [-0.2, -0.15) is 0 Å². The molecule has 1 heterocycles. The molecule has 2 rings (SSSR count). The number of morpholine rings is 1. The molecule has 0 amide bonds. The van der Waals surface area contributed by atoms with E-state index in [0.29, 0.717) is 18.7 Å². The molecule has 1 aromatic carbocycles. The van der Waals surface area contributed by atoms with Crippen LogP contribution in [0.15, 0.2) is 24.3 Å². The monoisotopic (exact) mass is 249 g/mol. The van der Waals surface area contributed by atoms with Crippen LogP contribution in [-0.4, -0.2) is 37.7 Å².